The van der Waals surface area contributed by atoms with Crippen LogP contribution in [0.1, 0.15) is 28.9 Å². The fourth-order valence-electron chi connectivity index (χ4n) is 2.95. The van der Waals surface area contributed by atoms with E-state index in [1.807, 2.05) is 19.1 Å². The van der Waals surface area contributed by atoms with E-state index in [0.717, 1.165) is 5.56 Å². The number of carbonyl (C=O) groups is 2. The first-order chi connectivity index (χ1) is 12.4. The van der Waals surface area contributed by atoms with Crippen LogP contribution in [-0.2, 0) is 0 Å². The van der Waals surface area contributed by atoms with Crippen LogP contribution in [0.2, 0.25) is 10.0 Å². The van der Waals surface area contributed by atoms with Crippen LogP contribution in [0.3, 0.4) is 0 Å². The number of hydrogen-bond donors (Lipinski definition) is 1. The zero-order valence-electron chi connectivity index (χ0n) is 14.5. The highest BCUT2D eigenvalue weighted by Crippen LogP contribution is 2.30. The standard InChI is InChI=1S/C19H19Cl2N3O2/c1-12(16-7-6-14(20)11-17(16)21)23(2)18(25)13-4-3-5-15(10-13)24-9-8-22-19(24)26/h3-7,10-12H,8-9H2,1-2H3,(H,22,26). The van der Waals surface area contributed by atoms with E-state index in [2.05, 4.69) is 5.32 Å². The first kappa shape index (κ1) is 18.5. The second-order valence-electron chi connectivity index (χ2n) is 6.19. The maximum Gasteiger partial charge on any atom is 0.321 e. The van der Waals surface area contributed by atoms with Gasteiger partial charge in [-0.1, -0.05) is 35.3 Å². The Balaban J connectivity index is 1.83. The third kappa shape index (κ3) is 3.64. The van der Waals surface area contributed by atoms with Crippen molar-refractivity contribution in [3.63, 3.8) is 0 Å². The molecule has 1 aliphatic heterocycles. The predicted molar refractivity (Wildman–Crippen MR) is 104 cm³/mol. The third-order valence-electron chi connectivity index (χ3n) is 4.58. The molecule has 1 N–H and O–H groups in total. The lowest BCUT2D eigenvalue weighted by Gasteiger charge is -2.26. The molecule has 2 aromatic carbocycles. The SMILES string of the molecule is CC(c1ccc(Cl)cc1Cl)N(C)C(=O)c1cccc(N2CCNC2=O)c1. The number of carbonyl (C=O) groups excluding carboxylic acids is 2. The maximum atomic E-state index is 12.9. The Labute approximate surface area is 162 Å². The summed E-state index contributed by atoms with van der Waals surface area (Å²) in [6.07, 6.45) is 0. The molecule has 0 spiro atoms. The van der Waals surface area contributed by atoms with Crippen molar-refractivity contribution in [1.82, 2.24) is 10.2 Å². The zero-order chi connectivity index (χ0) is 18.8. The van der Waals surface area contributed by atoms with Gasteiger partial charge in [0, 0.05) is 41.4 Å². The number of hydrogen-bond acceptors (Lipinski definition) is 2. The first-order valence-corrected chi connectivity index (χ1v) is 9.01. The topological polar surface area (TPSA) is 52.7 Å². The summed E-state index contributed by atoms with van der Waals surface area (Å²) < 4.78 is 0. The van der Waals surface area contributed by atoms with Gasteiger partial charge >= 0.3 is 6.03 Å². The molecule has 0 radical (unpaired) electrons. The second-order valence-corrected chi connectivity index (χ2v) is 7.04. The Bertz CT molecular complexity index is 856. The van der Waals surface area contributed by atoms with Crippen LogP contribution in [-0.4, -0.2) is 37.0 Å². The summed E-state index contributed by atoms with van der Waals surface area (Å²) in [5.41, 5.74) is 2.04. The quantitative estimate of drug-likeness (QED) is 0.841. The minimum atomic E-state index is -0.231. The molecule has 1 atom stereocenters. The van der Waals surface area contributed by atoms with Gasteiger partial charge in [-0.05, 0) is 42.8 Å². The highest BCUT2D eigenvalue weighted by molar-refractivity contribution is 6.35. The van der Waals surface area contributed by atoms with E-state index < -0.39 is 0 Å². The molecule has 5 nitrogen and oxygen atoms in total. The van der Waals surface area contributed by atoms with Crippen LogP contribution in [0.25, 0.3) is 0 Å². The number of rotatable bonds is 4. The van der Waals surface area contributed by atoms with Crippen LogP contribution in [0.5, 0.6) is 0 Å². The highest BCUT2D eigenvalue weighted by Gasteiger charge is 2.24. The Morgan fingerprint density at radius 2 is 2.00 bits per heavy atom. The lowest BCUT2D eigenvalue weighted by molar-refractivity contribution is 0.0742. The monoisotopic (exact) mass is 391 g/mol. The molecule has 1 heterocycles. The summed E-state index contributed by atoms with van der Waals surface area (Å²) >= 11 is 12.2. The number of nitrogens with one attached hydrogen (secondary N) is 1. The average Bonchev–Trinajstić information content (AvgIpc) is 3.06. The van der Waals surface area contributed by atoms with Crippen LogP contribution in [0.15, 0.2) is 42.5 Å². The van der Waals surface area contributed by atoms with E-state index >= 15 is 0 Å². The molecule has 0 aromatic heterocycles. The smallest absolute Gasteiger partial charge is 0.321 e. The van der Waals surface area contributed by atoms with E-state index in [-0.39, 0.29) is 18.0 Å². The summed E-state index contributed by atoms with van der Waals surface area (Å²) in [6, 6.07) is 11.9. The molecule has 3 rings (SSSR count). The number of urea groups is 1. The fourth-order valence-corrected chi connectivity index (χ4v) is 3.52. The van der Waals surface area contributed by atoms with Crippen LogP contribution >= 0.6 is 23.2 Å². The molecule has 1 unspecified atom stereocenters. The van der Waals surface area contributed by atoms with Crippen molar-refractivity contribution in [2.45, 2.75) is 13.0 Å². The van der Waals surface area contributed by atoms with Gasteiger partial charge in [0.15, 0.2) is 0 Å². The molecule has 7 heteroatoms. The number of halogens is 2. The normalized spacial score (nSPS) is 14.9. The minimum absolute atomic E-state index is 0.148. The third-order valence-corrected chi connectivity index (χ3v) is 5.14. The van der Waals surface area contributed by atoms with Crippen molar-refractivity contribution in [3.05, 3.63) is 63.6 Å². The summed E-state index contributed by atoms with van der Waals surface area (Å²) in [6.45, 7) is 3.09. The van der Waals surface area contributed by atoms with E-state index in [9.17, 15) is 9.59 Å². The van der Waals surface area contributed by atoms with Gasteiger partial charge in [0.25, 0.3) is 5.91 Å². The van der Waals surface area contributed by atoms with Crippen molar-refractivity contribution in [1.29, 1.82) is 0 Å². The highest BCUT2D eigenvalue weighted by atomic mass is 35.5. The number of benzene rings is 2. The number of nitrogens with zero attached hydrogens (tertiary/aromatic N) is 2. The van der Waals surface area contributed by atoms with Crippen LogP contribution in [0.4, 0.5) is 10.5 Å². The van der Waals surface area contributed by atoms with E-state index in [1.54, 1.807) is 47.2 Å². The molecule has 1 saturated heterocycles. The minimum Gasteiger partial charge on any atom is -0.336 e. The summed E-state index contributed by atoms with van der Waals surface area (Å²) in [5.74, 6) is -0.148. The van der Waals surface area contributed by atoms with Gasteiger partial charge < -0.3 is 10.2 Å². The van der Waals surface area contributed by atoms with E-state index in [0.29, 0.717) is 34.4 Å². The number of amides is 3. The molecular weight excluding hydrogens is 373 g/mol. The molecule has 0 bridgehead atoms. The second kappa shape index (κ2) is 7.56. The van der Waals surface area contributed by atoms with Gasteiger partial charge in [0.1, 0.15) is 0 Å². The molecule has 3 amide bonds. The lowest BCUT2D eigenvalue weighted by atomic mass is 10.1. The molecule has 1 aliphatic rings. The number of anilines is 1. The molecule has 26 heavy (non-hydrogen) atoms. The van der Waals surface area contributed by atoms with Gasteiger partial charge in [-0.2, -0.15) is 0 Å². The van der Waals surface area contributed by atoms with Gasteiger partial charge in [0.2, 0.25) is 0 Å². The van der Waals surface area contributed by atoms with Gasteiger partial charge in [-0.15, -0.1) is 0 Å². The van der Waals surface area contributed by atoms with E-state index in [1.165, 1.54) is 0 Å². The van der Waals surface area contributed by atoms with Gasteiger partial charge in [0.05, 0.1) is 6.04 Å². The molecular formula is C19H19Cl2N3O2. The van der Waals surface area contributed by atoms with E-state index in [4.69, 9.17) is 23.2 Å². The summed E-state index contributed by atoms with van der Waals surface area (Å²) in [4.78, 5) is 28.0. The fraction of sp³-hybridized carbons (Fsp3) is 0.263. The molecule has 0 saturated carbocycles. The van der Waals surface area contributed by atoms with Crippen molar-refractivity contribution in [2.75, 3.05) is 25.0 Å². The predicted octanol–water partition coefficient (Wildman–Crippen LogP) is 4.36. The molecule has 136 valence electrons. The van der Waals surface area contributed by atoms with Crippen molar-refractivity contribution in [2.24, 2.45) is 0 Å². The lowest BCUT2D eigenvalue weighted by Crippen LogP contribution is -2.31. The zero-order valence-corrected chi connectivity index (χ0v) is 16.0. The van der Waals surface area contributed by atoms with Crippen molar-refractivity contribution >= 4 is 40.8 Å². The van der Waals surface area contributed by atoms with Crippen molar-refractivity contribution in [3.8, 4) is 0 Å². The Kier molecular flexibility index (Phi) is 5.39. The summed E-state index contributed by atoms with van der Waals surface area (Å²) in [5, 5.41) is 3.83. The largest absolute Gasteiger partial charge is 0.336 e. The van der Waals surface area contributed by atoms with Gasteiger partial charge in [-0.3, -0.25) is 9.69 Å². The average molecular weight is 392 g/mol. The maximum absolute atomic E-state index is 12.9. The van der Waals surface area contributed by atoms with Crippen LogP contribution < -0.4 is 10.2 Å². The molecule has 0 aliphatic carbocycles. The Morgan fingerprint density at radius 1 is 1.23 bits per heavy atom. The van der Waals surface area contributed by atoms with Crippen LogP contribution in [0, 0.1) is 0 Å². The van der Waals surface area contributed by atoms with Crippen molar-refractivity contribution < 1.29 is 9.59 Å². The molecule has 1 fully saturated rings. The first-order valence-electron chi connectivity index (χ1n) is 8.26. The Hall–Kier alpha value is -2.24. The molecule has 2 aromatic rings. The Morgan fingerprint density at radius 3 is 2.65 bits per heavy atom. The van der Waals surface area contributed by atoms with Gasteiger partial charge in [-0.25, -0.2) is 4.79 Å². The summed E-state index contributed by atoms with van der Waals surface area (Å²) in [7, 11) is 1.73.